The van der Waals surface area contributed by atoms with Crippen molar-refractivity contribution >= 4 is 40.5 Å². The predicted molar refractivity (Wildman–Crippen MR) is 90.0 cm³/mol. The normalized spacial score (nSPS) is 21.6. The van der Waals surface area contributed by atoms with Gasteiger partial charge in [-0.1, -0.05) is 36.4 Å². The van der Waals surface area contributed by atoms with Crippen LogP contribution >= 0.6 is 0 Å². The van der Waals surface area contributed by atoms with Crippen LogP contribution in [-0.4, -0.2) is 30.1 Å². The van der Waals surface area contributed by atoms with E-state index in [1.54, 1.807) is 12.1 Å². The molecule has 0 spiro atoms. The highest BCUT2D eigenvalue weighted by molar-refractivity contribution is 6.33. The standard InChI is InChI=1S/C18H15N3O3/c22-16-14(10-19-12-8-9-12)17(23)21(18(24)20-16)15-7-3-5-11-4-1-2-6-13(11)15/h1-7,10,12,14H,8-9H2,(H,20,22,24)/t14-/m0/s1. The number of anilines is 1. The molecule has 6 heteroatoms. The minimum absolute atomic E-state index is 0.203. The van der Waals surface area contributed by atoms with E-state index in [-0.39, 0.29) is 6.04 Å². The average molecular weight is 321 g/mol. The Hall–Kier alpha value is -3.02. The molecule has 1 atom stereocenters. The fourth-order valence-electron chi connectivity index (χ4n) is 2.78. The maximum Gasteiger partial charge on any atom is 0.335 e. The van der Waals surface area contributed by atoms with Crippen molar-refractivity contribution in [1.29, 1.82) is 0 Å². The Kier molecular flexibility index (Phi) is 3.37. The Morgan fingerprint density at radius 2 is 1.79 bits per heavy atom. The minimum Gasteiger partial charge on any atom is -0.293 e. The summed E-state index contributed by atoms with van der Waals surface area (Å²) in [4.78, 5) is 42.3. The lowest BCUT2D eigenvalue weighted by Gasteiger charge is -2.29. The van der Waals surface area contributed by atoms with Gasteiger partial charge in [0.1, 0.15) is 0 Å². The first-order chi connectivity index (χ1) is 11.6. The quantitative estimate of drug-likeness (QED) is 0.696. The highest BCUT2D eigenvalue weighted by atomic mass is 16.2. The summed E-state index contributed by atoms with van der Waals surface area (Å²) in [5.41, 5.74) is 0.466. The molecule has 2 aliphatic rings. The number of carbonyl (C=O) groups is 3. The van der Waals surface area contributed by atoms with Crippen molar-refractivity contribution in [2.24, 2.45) is 10.9 Å². The van der Waals surface area contributed by atoms with Crippen molar-refractivity contribution in [2.75, 3.05) is 4.90 Å². The van der Waals surface area contributed by atoms with E-state index in [0.717, 1.165) is 28.5 Å². The number of benzene rings is 2. The second kappa shape index (κ2) is 5.56. The number of carbonyl (C=O) groups excluding carboxylic acids is 3. The number of hydrogen-bond acceptors (Lipinski definition) is 4. The summed E-state index contributed by atoms with van der Waals surface area (Å²) in [5.74, 6) is -2.25. The molecule has 2 aromatic rings. The lowest BCUT2D eigenvalue weighted by molar-refractivity contribution is -0.131. The number of amides is 4. The molecule has 24 heavy (non-hydrogen) atoms. The van der Waals surface area contributed by atoms with Crippen molar-refractivity contribution in [3.8, 4) is 0 Å². The van der Waals surface area contributed by atoms with Gasteiger partial charge in [-0.05, 0) is 24.3 Å². The lowest BCUT2D eigenvalue weighted by atomic mass is 10.0. The molecule has 2 fully saturated rings. The number of fused-ring (bicyclic) bond motifs is 1. The molecule has 6 nitrogen and oxygen atoms in total. The van der Waals surface area contributed by atoms with Gasteiger partial charge >= 0.3 is 6.03 Å². The molecule has 0 aromatic heterocycles. The van der Waals surface area contributed by atoms with Crippen LogP contribution in [0.5, 0.6) is 0 Å². The number of urea groups is 1. The van der Waals surface area contributed by atoms with Crippen molar-refractivity contribution in [2.45, 2.75) is 18.9 Å². The first kappa shape index (κ1) is 14.6. The van der Waals surface area contributed by atoms with Crippen LogP contribution in [0.25, 0.3) is 10.8 Å². The fourth-order valence-corrected chi connectivity index (χ4v) is 2.78. The minimum atomic E-state index is -1.07. The number of imide groups is 2. The van der Waals surface area contributed by atoms with Crippen molar-refractivity contribution in [1.82, 2.24) is 5.32 Å². The van der Waals surface area contributed by atoms with Gasteiger partial charge < -0.3 is 0 Å². The zero-order chi connectivity index (χ0) is 16.7. The number of aliphatic imine (C=N–C) groups is 1. The van der Waals surface area contributed by atoms with Gasteiger partial charge in [0, 0.05) is 17.6 Å². The van der Waals surface area contributed by atoms with Gasteiger partial charge in [0.15, 0.2) is 5.92 Å². The van der Waals surface area contributed by atoms with E-state index in [4.69, 9.17) is 0 Å². The van der Waals surface area contributed by atoms with E-state index in [1.807, 2.05) is 30.3 Å². The third-order valence-corrected chi connectivity index (χ3v) is 4.20. The van der Waals surface area contributed by atoms with Crippen molar-refractivity contribution in [3.63, 3.8) is 0 Å². The van der Waals surface area contributed by atoms with E-state index >= 15 is 0 Å². The van der Waals surface area contributed by atoms with Gasteiger partial charge in [0.2, 0.25) is 5.91 Å². The molecule has 0 bridgehead atoms. The van der Waals surface area contributed by atoms with E-state index < -0.39 is 23.8 Å². The Bertz CT molecular complexity index is 881. The zero-order valence-electron chi connectivity index (χ0n) is 12.8. The van der Waals surface area contributed by atoms with Gasteiger partial charge in [-0.25, -0.2) is 9.69 Å². The van der Waals surface area contributed by atoms with Crippen molar-refractivity contribution in [3.05, 3.63) is 42.5 Å². The molecule has 1 aliphatic carbocycles. The van der Waals surface area contributed by atoms with Gasteiger partial charge in [-0.3, -0.25) is 19.9 Å². The molecule has 1 saturated carbocycles. The first-order valence-corrected chi connectivity index (χ1v) is 7.85. The highest BCUT2D eigenvalue weighted by Gasteiger charge is 2.41. The second-order valence-corrected chi connectivity index (χ2v) is 5.97. The maximum absolute atomic E-state index is 12.8. The number of barbiturate groups is 1. The second-order valence-electron chi connectivity index (χ2n) is 5.97. The van der Waals surface area contributed by atoms with Crippen LogP contribution in [-0.2, 0) is 9.59 Å². The van der Waals surface area contributed by atoms with Crippen LogP contribution < -0.4 is 10.2 Å². The highest BCUT2D eigenvalue weighted by Crippen LogP contribution is 2.29. The van der Waals surface area contributed by atoms with Crippen LogP contribution in [0.2, 0.25) is 0 Å². The summed E-state index contributed by atoms with van der Waals surface area (Å²) in [6.45, 7) is 0. The Morgan fingerprint density at radius 3 is 2.58 bits per heavy atom. The SMILES string of the molecule is O=C1NC(=O)N(c2cccc3ccccc23)C(=O)[C@H]1C=NC1CC1. The summed E-state index contributed by atoms with van der Waals surface area (Å²) in [6, 6.07) is 12.3. The summed E-state index contributed by atoms with van der Waals surface area (Å²) in [7, 11) is 0. The molecular weight excluding hydrogens is 306 g/mol. The molecule has 4 rings (SSSR count). The zero-order valence-corrected chi connectivity index (χ0v) is 12.8. The summed E-state index contributed by atoms with van der Waals surface area (Å²) in [6.07, 6.45) is 3.33. The summed E-state index contributed by atoms with van der Waals surface area (Å²) >= 11 is 0. The number of nitrogens with one attached hydrogen (secondary N) is 1. The third-order valence-electron chi connectivity index (χ3n) is 4.20. The topological polar surface area (TPSA) is 78.8 Å². The third kappa shape index (κ3) is 2.46. The molecule has 0 radical (unpaired) electrons. The average Bonchev–Trinajstić information content (AvgIpc) is 3.39. The van der Waals surface area contributed by atoms with E-state index in [9.17, 15) is 14.4 Å². The molecule has 0 unspecified atom stereocenters. The van der Waals surface area contributed by atoms with Crippen molar-refractivity contribution < 1.29 is 14.4 Å². The molecule has 1 N–H and O–H groups in total. The largest absolute Gasteiger partial charge is 0.335 e. The molecule has 1 saturated heterocycles. The van der Waals surface area contributed by atoms with Gasteiger partial charge in [0.25, 0.3) is 5.91 Å². The molecular formula is C18H15N3O3. The maximum atomic E-state index is 12.8. The monoisotopic (exact) mass is 321 g/mol. The molecule has 1 aliphatic heterocycles. The van der Waals surface area contributed by atoms with Crippen LogP contribution in [0.4, 0.5) is 10.5 Å². The molecule has 4 amide bonds. The molecule has 1 heterocycles. The van der Waals surface area contributed by atoms with Gasteiger partial charge in [-0.2, -0.15) is 0 Å². The Labute approximate surface area is 138 Å². The van der Waals surface area contributed by atoms with E-state index in [0.29, 0.717) is 5.69 Å². The number of hydrogen-bond donors (Lipinski definition) is 1. The van der Waals surface area contributed by atoms with E-state index in [2.05, 4.69) is 10.3 Å². The van der Waals surface area contributed by atoms with Gasteiger partial charge in [-0.15, -0.1) is 0 Å². The summed E-state index contributed by atoms with van der Waals surface area (Å²) < 4.78 is 0. The van der Waals surface area contributed by atoms with Crippen LogP contribution in [0.3, 0.4) is 0 Å². The smallest absolute Gasteiger partial charge is 0.293 e. The molecule has 2 aromatic carbocycles. The van der Waals surface area contributed by atoms with Crippen LogP contribution in [0.1, 0.15) is 12.8 Å². The van der Waals surface area contributed by atoms with Crippen LogP contribution in [0, 0.1) is 5.92 Å². The fraction of sp³-hybridized carbons (Fsp3) is 0.222. The van der Waals surface area contributed by atoms with Crippen LogP contribution in [0.15, 0.2) is 47.5 Å². The number of nitrogens with zero attached hydrogens (tertiary/aromatic N) is 2. The molecule has 120 valence electrons. The lowest BCUT2D eigenvalue weighted by Crippen LogP contribution is -2.58. The van der Waals surface area contributed by atoms with E-state index in [1.165, 1.54) is 6.21 Å². The Balaban J connectivity index is 1.76. The Morgan fingerprint density at radius 1 is 1.04 bits per heavy atom. The summed E-state index contributed by atoms with van der Waals surface area (Å²) in [5, 5.41) is 3.94. The van der Waals surface area contributed by atoms with Gasteiger partial charge in [0.05, 0.1) is 5.69 Å². The first-order valence-electron chi connectivity index (χ1n) is 7.85. The number of rotatable bonds is 3. The predicted octanol–water partition coefficient (Wildman–Crippen LogP) is 2.27.